The summed E-state index contributed by atoms with van der Waals surface area (Å²) in [6.07, 6.45) is 0. The largest absolute Gasteiger partial charge is 0.478 e. The van der Waals surface area contributed by atoms with E-state index < -0.39 is 16.8 Å². The lowest BCUT2D eigenvalue weighted by molar-refractivity contribution is -0.128. The molecule has 1 amide bonds. The van der Waals surface area contributed by atoms with Gasteiger partial charge in [-0.2, -0.15) is 0 Å². The topological polar surface area (TPSA) is 74.7 Å². The smallest absolute Gasteiger partial charge is 0.336 e. The molecule has 0 aliphatic rings. The van der Waals surface area contributed by atoms with Crippen molar-refractivity contribution in [2.24, 2.45) is 0 Å². The van der Waals surface area contributed by atoms with Crippen LogP contribution in [-0.2, 0) is 15.6 Å². The summed E-state index contributed by atoms with van der Waals surface area (Å²) >= 11 is 3.21. The van der Waals surface area contributed by atoms with Crippen molar-refractivity contribution in [3.8, 4) is 0 Å². The van der Waals surface area contributed by atoms with Gasteiger partial charge in [-0.25, -0.2) is 4.79 Å². The Kier molecular flexibility index (Phi) is 5.88. The molecule has 110 valence electrons. The van der Waals surface area contributed by atoms with Gasteiger partial charge < -0.3 is 10.0 Å². The molecule has 0 aromatic heterocycles. The number of amides is 1. The zero-order chi connectivity index (χ0) is 15.4. The number of carbonyl (C=O) groups is 2. The maximum Gasteiger partial charge on any atom is 0.336 e. The molecule has 0 aliphatic heterocycles. The highest BCUT2D eigenvalue weighted by atomic mass is 79.9. The van der Waals surface area contributed by atoms with Gasteiger partial charge in [0.15, 0.2) is 0 Å². The Morgan fingerprint density at radius 1 is 1.40 bits per heavy atom. The number of halogens is 1. The van der Waals surface area contributed by atoms with Gasteiger partial charge >= 0.3 is 5.97 Å². The van der Waals surface area contributed by atoms with Gasteiger partial charge in [0, 0.05) is 17.6 Å². The number of benzene rings is 1. The van der Waals surface area contributed by atoms with Crippen LogP contribution in [0.15, 0.2) is 27.6 Å². The lowest BCUT2D eigenvalue weighted by Crippen LogP contribution is -2.36. The second-order valence-corrected chi connectivity index (χ2v) is 6.87. The third kappa shape index (κ3) is 4.14. The number of rotatable bonds is 5. The van der Waals surface area contributed by atoms with Crippen LogP contribution in [0.1, 0.15) is 24.2 Å². The molecule has 1 unspecified atom stereocenters. The number of nitrogens with zero attached hydrogens (tertiary/aromatic N) is 1. The lowest BCUT2D eigenvalue weighted by atomic mass is 10.2. The molecule has 0 fully saturated rings. The number of aromatic carboxylic acids is 1. The highest BCUT2D eigenvalue weighted by Gasteiger charge is 2.20. The van der Waals surface area contributed by atoms with E-state index in [0.717, 1.165) is 0 Å². The summed E-state index contributed by atoms with van der Waals surface area (Å²) in [5.74, 6) is -1.68. The number of carbonyl (C=O) groups excluding carboxylic acids is 1. The van der Waals surface area contributed by atoms with Gasteiger partial charge in [0.05, 0.1) is 21.3 Å². The monoisotopic (exact) mass is 361 g/mol. The summed E-state index contributed by atoms with van der Waals surface area (Å²) in [6.45, 7) is 3.70. The first-order valence-corrected chi connectivity index (χ1v) is 8.02. The second-order valence-electron chi connectivity index (χ2n) is 4.53. The van der Waals surface area contributed by atoms with Crippen molar-refractivity contribution in [2.45, 2.75) is 24.8 Å². The Hall–Kier alpha value is -1.21. The number of hydrogen-bond acceptors (Lipinski definition) is 3. The molecule has 0 radical (unpaired) electrons. The molecule has 0 bridgehead atoms. The lowest BCUT2D eigenvalue weighted by Gasteiger charge is -2.21. The van der Waals surface area contributed by atoms with Crippen LogP contribution < -0.4 is 0 Å². The van der Waals surface area contributed by atoms with Gasteiger partial charge in [-0.1, -0.05) is 15.9 Å². The third-order valence-corrected chi connectivity index (χ3v) is 4.67. The van der Waals surface area contributed by atoms with E-state index in [-0.39, 0.29) is 28.2 Å². The van der Waals surface area contributed by atoms with E-state index >= 15 is 0 Å². The van der Waals surface area contributed by atoms with Gasteiger partial charge in [0.25, 0.3) is 0 Å². The molecule has 7 heteroatoms. The van der Waals surface area contributed by atoms with Gasteiger partial charge in [0.1, 0.15) is 5.75 Å². The number of carboxylic acids is 1. The van der Waals surface area contributed by atoms with Crippen LogP contribution in [0.25, 0.3) is 0 Å². The molecule has 1 aromatic rings. The molecule has 0 aliphatic carbocycles. The van der Waals surface area contributed by atoms with E-state index in [1.807, 2.05) is 13.8 Å². The van der Waals surface area contributed by atoms with Crippen LogP contribution >= 0.6 is 15.9 Å². The molecule has 1 aromatic carbocycles. The first kappa shape index (κ1) is 16.8. The second kappa shape index (κ2) is 6.99. The highest BCUT2D eigenvalue weighted by molar-refractivity contribution is 9.10. The van der Waals surface area contributed by atoms with Crippen molar-refractivity contribution in [3.05, 3.63) is 28.2 Å². The van der Waals surface area contributed by atoms with Crippen molar-refractivity contribution in [2.75, 3.05) is 12.8 Å². The predicted octanol–water partition coefficient (Wildman–Crippen LogP) is 2.12. The highest BCUT2D eigenvalue weighted by Crippen LogP contribution is 2.20. The molecule has 1 N–H and O–H groups in total. The Bertz CT molecular complexity index is 559. The van der Waals surface area contributed by atoms with Crippen molar-refractivity contribution in [3.63, 3.8) is 0 Å². The molecule has 0 saturated heterocycles. The zero-order valence-electron chi connectivity index (χ0n) is 11.4. The Balaban J connectivity index is 3.01. The van der Waals surface area contributed by atoms with Gasteiger partial charge in [-0.3, -0.25) is 9.00 Å². The molecule has 1 rings (SSSR count). The Labute approximate surface area is 128 Å². The third-order valence-electron chi connectivity index (χ3n) is 2.84. The number of carboxylic acid groups (broad SMARTS) is 1. The minimum atomic E-state index is -1.70. The molecule has 20 heavy (non-hydrogen) atoms. The van der Waals surface area contributed by atoms with Crippen LogP contribution in [0.4, 0.5) is 0 Å². The van der Waals surface area contributed by atoms with E-state index in [1.54, 1.807) is 13.1 Å². The van der Waals surface area contributed by atoms with Crippen molar-refractivity contribution in [1.82, 2.24) is 4.90 Å². The minimum Gasteiger partial charge on any atom is -0.478 e. The molecular formula is C13H16BrNO4S. The van der Waals surface area contributed by atoms with Gasteiger partial charge in [0.2, 0.25) is 5.91 Å². The van der Waals surface area contributed by atoms with Crippen LogP contribution in [0.2, 0.25) is 0 Å². The fraction of sp³-hybridized carbons (Fsp3) is 0.385. The summed E-state index contributed by atoms with van der Waals surface area (Å²) < 4.78 is 12.9. The fourth-order valence-electron chi connectivity index (χ4n) is 1.44. The van der Waals surface area contributed by atoms with E-state index in [2.05, 4.69) is 15.9 Å². The Morgan fingerprint density at radius 3 is 2.50 bits per heavy atom. The average molecular weight is 362 g/mol. The quantitative estimate of drug-likeness (QED) is 0.871. The molecular weight excluding hydrogens is 346 g/mol. The van der Waals surface area contributed by atoms with Crippen molar-refractivity contribution < 1.29 is 18.9 Å². The zero-order valence-corrected chi connectivity index (χ0v) is 13.8. The van der Waals surface area contributed by atoms with Crippen LogP contribution in [0, 0.1) is 0 Å². The SMILES string of the molecule is CC(C)N(C)C(=O)CS(=O)c1cc(Br)ccc1C(=O)O. The Morgan fingerprint density at radius 2 is 2.00 bits per heavy atom. The summed E-state index contributed by atoms with van der Waals surface area (Å²) in [5.41, 5.74) is -0.0495. The summed E-state index contributed by atoms with van der Waals surface area (Å²) in [4.78, 5) is 24.7. The standard InChI is InChI=1S/C13H16BrNO4S/c1-8(2)15(3)12(16)7-20(19)11-6-9(14)4-5-10(11)13(17)18/h4-6,8H,7H2,1-3H3,(H,17,18). The van der Waals surface area contributed by atoms with E-state index in [0.29, 0.717) is 4.47 Å². The number of hydrogen-bond donors (Lipinski definition) is 1. The maximum absolute atomic E-state index is 12.2. The molecule has 0 spiro atoms. The molecule has 5 nitrogen and oxygen atoms in total. The van der Waals surface area contributed by atoms with Gasteiger partial charge in [-0.15, -0.1) is 0 Å². The summed E-state index contributed by atoms with van der Waals surface area (Å²) in [7, 11) is -0.0669. The van der Waals surface area contributed by atoms with Crippen molar-refractivity contribution in [1.29, 1.82) is 0 Å². The predicted molar refractivity (Wildman–Crippen MR) is 80.3 cm³/mol. The van der Waals surface area contributed by atoms with Gasteiger partial charge in [-0.05, 0) is 32.0 Å². The normalized spacial score (nSPS) is 12.2. The summed E-state index contributed by atoms with van der Waals surface area (Å²) in [6, 6.07) is 4.41. The molecule has 0 saturated carbocycles. The average Bonchev–Trinajstić information content (AvgIpc) is 2.36. The molecule has 1 atom stereocenters. The summed E-state index contributed by atoms with van der Waals surface area (Å²) in [5, 5.41) is 9.09. The van der Waals surface area contributed by atoms with Crippen LogP contribution in [0.3, 0.4) is 0 Å². The minimum absolute atomic E-state index is 0.000883. The van der Waals surface area contributed by atoms with E-state index in [1.165, 1.54) is 17.0 Å². The fourth-order valence-corrected chi connectivity index (χ4v) is 3.20. The van der Waals surface area contributed by atoms with E-state index in [4.69, 9.17) is 5.11 Å². The van der Waals surface area contributed by atoms with Crippen LogP contribution in [-0.4, -0.2) is 44.9 Å². The molecule has 0 heterocycles. The van der Waals surface area contributed by atoms with E-state index in [9.17, 15) is 13.8 Å². The van der Waals surface area contributed by atoms with Crippen LogP contribution in [0.5, 0.6) is 0 Å². The van der Waals surface area contributed by atoms with Crippen molar-refractivity contribution >= 4 is 38.6 Å². The first-order valence-electron chi connectivity index (χ1n) is 5.91. The maximum atomic E-state index is 12.2. The first-order chi connectivity index (χ1) is 9.23.